The van der Waals surface area contributed by atoms with Crippen molar-refractivity contribution < 1.29 is 9.90 Å². The molecule has 0 fully saturated rings. The average molecular weight is 335 g/mol. The van der Waals surface area contributed by atoms with Gasteiger partial charge in [0.1, 0.15) is 0 Å². The van der Waals surface area contributed by atoms with Gasteiger partial charge in [-0.3, -0.25) is 4.79 Å². The second-order valence-electron chi connectivity index (χ2n) is 5.39. The third kappa shape index (κ3) is 4.87. The van der Waals surface area contributed by atoms with Crippen LogP contribution >= 0.6 is 23.1 Å². The van der Waals surface area contributed by atoms with E-state index in [1.165, 1.54) is 4.88 Å². The number of nitrogens with one attached hydrogen (secondary N) is 1. The van der Waals surface area contributed by atoms with Crippen LogP contribution in [-0.4, -0.2) is 23.7 Å². The van der Waals surface area contributed by atoms with Crippen molar-refractivity contribution in [1.82, 2.24) is 5.32 Å². The highest BCUT2D eigenvalue weighted by Crippen LogP contribution is 2.27. The highest BCUT2D eigenvalue weighted by Gasteiger charge is 2.14. The molecule has 0 bridgehead atoms. The minimum absolute atomic E-state index is 0.128. The van der Waals surface area contributed by atoms with E-state index in [-0.39, 0.29) is 18.4 Å². The Bertz CT molecular complexity index is 596. The van der Waals surface area contributed by atoms with Gasteiger partial charge in [-0.05, 0) is 29.5 Å². The Labute approximate surface area is 139 Å². The normalized spacial score (nSPS) is 12.4. The Balaban J connectivity index is 1.99. The van der Waals surface area contributed by atoms with E-state index >= 15 is 0 Å². The van der Waals surface area contributed by atoms with E-state index in [0.717, 1.165) is 10.6 Å². The fourth-order valence-corrected chi connectivity index (χ4v) is 3.67. The van der Waals surface area contributed by atoms with E-state index in [1.807, 2.05) is 44.2 Å². The maximum atomic E-state index is 12.3. The Hall–Kier alpha value is -1.30. The molecule has 1 aromatic heterocycles. The van der Waals surface area contributed by atoms with E-state index in [9.17, 15) is 9.90 Å². The molecule has 0 spiro atoms. The largest absolute Gasteiger partial charge is 0.391 e. The van der Waals surface area contributed by atoms with Crippen LogP contribution < -0.4 is 5.32 Å². The molecule has 0 radical (unpaired) electrons. The number of benzene rings is 1. The monoisotopic (exact) mass is 335 g/mol. The van der Waals surface area contributed by atoms with Gasteiger partial charge in [-0.1, -0.05) is 32.0 Å². The quantitative estimate of drug-likeness (QED) is 0.757. The predicted octanol–water partition coefficient (Wildman–Crippen LogP) is 3.79. The van der Waals surface area contributed by atoms with Gasteiger partial charge in [-0.2, -0.15) is 0 Å². The van der Waals surface area contributed by atoms with Gasteiger partial charge in [0.25, 0.3) is 5.91 Å². The van der Waals surface area contributed by atoms with Crippen LogP contribution in [0.5, 0.6) is 0 Å². The van der Waals surface area contributed by atoms with Crippen molar-refractivity contribution in [1.29, 1.82) is 0 Å². The minimum atomic E-state index is -0.519. The maximum absolute atomic E-state index is 12.3. The molecular formula is C17H21NO2S2. The number of rotatable bonds is 7. The minimum Gasteiger partial charge on any atom is -0.391 e. The first kappa shape index (κ1) is 17.1. The third-order valence-electron chi connectivity index (χ3n) is 3.32. The molecule has 2 N–H and O–H groups in total. The van der Waals surface area contributed by atoms with E-state index < -0.39 is 6.10 Å². The zero-order valence-corrected chi connectivity index (χ0v) is 14.4. The summed E-state index contributed by atoms with van der Waals surface area (Å²) in [6.45, 7) is 4.14. The topological polar surface area (TPSA) is 49.3 Å². The van der Waals surface area contributed by atoms with Gasteiger partial charge in [-0.15, -0.1) is 23.1 Å². The summed E-state index contributed by atoms with van der Waals surface area (Å²) >= 11 is 3.38. The van der Waals surface area contributed by atoms with Crippen LogP contribution in [0.15, 0.2) is 46.7 Å². The summed E-state index contributed by atoms with van der Waals surface area (Å²) in [5.74, 6) is 0.856. The molecule has 118 valence electrons. The molecule has 2 aromatic rings. The molecule has 0 saturated carbocycles. The number of thioether (sulfide) groups is 1. The summed E-state index contributed by atoms with van der Waals surface area (Å²) in [5, 5.41) is 14.7. The van der Waals surface area contributed by atoms with Crippen molar-refractivity contribution in [2.45, 2.75) is 30.6 Å². The lowest BCUT2D eigenvalue weighted by Gasteiger charge is -2.16. The van der Waals surface area contributed by atoms with Crippen LogP contribution in [0, 0.1) is 5.92 Å². The van der Waals surface area contributed by atoms with Gasteiger partial charge in [0.15, 0.2) is 0 Å². The van der Waals surface area contributed by atoms with Crippen molar-refractivity contribution >= 4 is 29.0 Å². The zero-order valence-electron chi connectivity index (χ0n) is 12.8. The summed E-state index contributed by atoms with van der Waals surface area (Å²) in [6, 6.07) is 11.7. The molecule has 0 aliphatic heterocycles. The number of carbonyl (C=O) groups excluding carboxylic acids is 1. The fraction of sp³-hybridized carbons (Fsp3) is 0.353. The van der Waals surface area contributed by atoms with E-state index in [2.05, 4.69) is 16.8 Å². The molecule has 1 aromatic carbocycles. The van der Waals surface area contributed by atoms with Crippen molar-refractivity contribution in [2.75, 3.05) is 6.54 Å². The Morgan fingerprint density at radius 3 is 2.73 bits per heavy atom. The molecule has 22 heavy (non-hydrogen) atoms. The Morgan fingerprint density at radius 1 is 1.27 bits per heavy atom. The molecule has 2 rings (SSSR count). The van der Waals surface area contributed by atoms with E-state index in [4.69, 9.17) is 0 Å². The molecule has 0 aliphatic rings. The van der Waals surface area contributed by atoms with Crippen molar-refractivity contribution in [3.63, 3.8) is 0 Å². The van der Waals surface area contributed by atoms with Crippen LogP contribution in [0.2, 0.25) is 0 Å². The van der Waals surface area contributed by atoms with Crippen LogP contribution in [0.4, 0.5) is 0 Å². The Morgan fingerprint density at radius 2 is 2.05 bits per heavy atom. The van der Waals surface area contributed by atoms with Crippen molar-refractivity contribution in [3.8, 4) is 0 Å². The van der Waals surface area contributed by atoms with Gasteiger partial charge in [0, 0.05) is 22.1 Å². The van der Waals surface area contributed by atoms with Crippen molar-refractivity contribution in [3.05, 3.63) is 52.2 Å². The molecule has 1 amide bonds. The second-order valence-corrected chi connectivity index (χ2v) is 7.44. The Kier molecular flexibility index (Phi) is 6.49. The van der Waals surface area contributed by atoms with Crippen LogP contribution in [-0.2, 0) is 5.75 Å². The zero-order chi connectivity index (χ0) is 15.9. The smallest absolute Gasteiger partial charge is 0.252 e. The number of aliphatic hydroxyl groups excluding tert-OH is 1. The first-order valence-electron chi connectivity index (χ1n) is 7.28. The lowest BCUT2D eigenvalue weighted by Crippen LogP contribution is -2.34. The van der Waals surface area contributed by atoms with E-state index in [1.54, 1.807) is 23.1 Å². The standard InChI is InChI=1S/C17H21NO2S2/c1-12(2)15(19)10-18-17(20)14-7-3-4-8-16(14)22-11-13-6-5-9-21-13/h3-9,12,15,19H,10-11H2,1-2H3,(H,18,20). The maximum Gasteiger partial charge on any atom is 0.252 e. The number of carbonyl (C=O) groups is 1. The lowest BCUT2D eigenvalue weighted by molar-refractivity contribution is 0.0869. The number of amides is 1. The second kappa shape index (κ2) is 8.36. The molecule has 5 heteroatoms. The number of hydrogen-bond acceptors (Lipinski definition) is 4. The highest BCUT2D eigenvalue weighted by molar-refractivity contribution is 7.98. The molecule has 1 unspecified atom stereocenters. The summed E-state index contributed by atoms with van der Waals surface area (Å²) in [6.07, 6.45) is -0.519. The first-order chi connectivity index (χ1) is 10.6. The van der Waals surface area contributed by atoms with Crippen LogP contribution in [0.3, 0.4) is 0 Å². The third-order valence-corrected chi connectivity index (χ3v) is 5.50. The molecule has 3 nitrogen and oxygen atoms in total. The first-order valence-corrected chi connectivity index (χ1v) is 9.15. The molecule has 1 atom stereocenters. The SMILES string of the molecule is CC(C)C(O)CNC(=O)c1ccccc1SCc1cccs1. The summed E-state index contributed by atoms with van der Waals surface area (Å²) in [5.41, 5.74) is 0.667. The van der Waals surface area contributed by atoms with E-state index in [0.29, 0.717) is 5.56 Å². The predicted molar refractivity (Wildman–Crippen MR) is 93.5 cm³/mol. The summed E-state index contributed by atoms with van der Waals surface area (Å²) < 4.78 is 0. The molecular weight excluding hydrogens is 314 g/mol. The molecule has 1 heterocycles. The van der Waals surface area contributed by atoms with Gasteiger partial charge >= 0.3 is 0 Å². The van der Waals surface area contributed by atoms with Crippen LogP contribution in [0.1, 0.15) is 29.1 Å². The fourth-order valence-electron chi connectivity index (χ4n) is 1.85. The summed E-state index contributed by atoms with van der Waals surface area (Å²) in [4.78, 5) is 14.6. The van der Waals surface area contributed by atoms with Gasteiger partial charge in [0.2, 0.25) is 0 Å². The number of hydrogen-bond donors (Lipinski definition) is 2. The van der Waals surface area contributed by atoms with Gasteiger partial charge in [-0.25, -0.2) is 0 Å². The lowest BCUT2D eigenvalue weighted by atomic mass is 10.1. The number of aliphatic hydroxyl groups is 1. The van der Waals surface area contributed by atoms with Crippen LogP contribution in [0.25, 0.3) is 0 Å². The molecule has 0 aliphatic carbocycles. The summed E-state index contributed by atoms with van der Waals surface area (Å²) in [7, 11) is 0. The van der Waals surface area contributed by atoms with Crippen molar-refractivity contribution in [2.24, 2.45) is 5.92 Å². The molecule has 0 saturated heterocycles. The highest BCUT2D eigenvalue weighted by atomic mass is 32.2. The average Bonchev–Trinajstić information content (AvgIpc) is 3.03. The van der Waals surface area contributed by atoms with Gasteiger partial charge < -0.3 is 10.4 Å². The number of thiophene rings is 1. The van der Waals surface area contributed by atoms with Gasteiger partial charge in [0.05, 0.1) is 11.7 Å².